The minimum absolute atomic E-state index is 0.290. The first-order valence-corrected chi connectivity index (χ1v) is 8.19. The topological polar surface area (TPSA) is 76.4 Å². The Kier molecular flexibility index (Phi) is 5.13. The lowest BCUT2D eigenvalue weighted by Gasteiger charge is -2.35. The molecule has 0 saturated carbocycles. The second-order valence-corrected chi connectivity index (χ2v) is 5.84. The standard InChI is InChI=1S/C19H17FN4O2/c20-15-6-2-4-8-17(15)23-9-11-24(12-10-23)19(26)18(25)22-16-7-3-1-5-14(16)13-21/h1-8H,9-12H2,(H,22,25). The second kappa shape index (κ2) is 7.66. The molecule has 1 aliphatic rings. The van der Waals surface area contributed by atoms with Gasteiger partial charge in [0.15, 0.2) is 0 Å². The quantitative estimate of drug-likeness (QED) is 0.839. The number of carbonyl (C=O) groups is 2. The molecule has 0 aliphatic carbocycles. The van der Waals surface area contributed by atoms with E-state index >= 15 is 0 Å². The van der Waals surface area contributed by atoms with Crippen LogP contribution in [0.3, 0.4) is 0 Å². The molecule has 2 amide bonds. The number of amides is 2. The van der Waals surface area contributed by atoms with Crippen LogP contribution in [-0.2, 0) is 9.59 Å². The molecular formula is C19H17FN4O2. The Balaban J connectivity index is 1.61. The number of carbonyl (C=O) groups excluding carboxylic acids is 2. The molecule has 0 aromatic heterocycles. The van der Waals surface area contributed by atoms with Crippen LogP contribution >= 0.6 is 0 Å². The average molecular weight is 352 g/mol. The third kappa shape index (κ3) is 3.64. The molecule has 1 N–H and O–H groups in total. The molecule has 1 heterocycles. The number of nitrogens with one attached hydrogen (secondary N) is 1. The molecule has 26 heavy (non-hydrogen) atoms. The number of para-hydroxylation sites is 2. The molecule has 2 aromatic carbocycles. The zero-order valence-electron chi connectivity index (χ0n) is 14.0. The summed E-state index contributed by atoms with van der Waals surface area (Å²) in [6, 6.07) is 14.9. The van der Waals surface area contributed by atoms with E-state index in [1.54, 1.807) is 42.5 Å². The first-order valence-electron chi connectivity index (χ1n) is 8.19. The lowest BCUT2D eigenvalue weighted by molar-refractivity contribution is -0.143. The van der Waals surface area contributed by atoms with Crippen molar-refractivity contribution in [3.63, 3.8) is 0 Å². The highest BCUT2D eigenvalue weighted by molar-refractivity contribution is 6.39. The van der Waals surface area contributed by atoms with E-state index in [9.17, 15) is 14.0 Å². The third-order valence-corrected chi connectivity index (χ3v) is 4.25. The highest BCUT2D eigenvalue weighted by Crippen LogP contribution is 2.20. The van der Waals surface area contributed by atoms with Crippen LogP contribution in [0.4, 0.5) is 15.8 Å². The third-order valence-electron chi connectivity index (χ3n) is 4.25. The Hall–Kier alpha value is -3.40. The molecule has 0 atom stereocenters. The van der Waals surface area contributed by atoms with Crippen LogP contribution in [0.15, 0.2) is 48.5 Å². The Bertz CT molecular complexity index is 870. The van der Waals surface area contributed by atoms with Crippen LogP contribution in [0.5, 0.6) is 0 Å². The predicted octanol–water partition coefficient (Wildman–Crippen LogP) is 1.98. The van der Waals surface area contributed by atoms with Gasteiger partial charge in [0.05, 0.1) is 16.9 Å². The average Bonchev–Trinajstić information content (AvgIpc) is 2.68. The minimum atomic E-state index is -0.785. The molecule has 3 rings (SSSR count). The Labute approximate surface area is 150 Å². The monoisotopic (exact) mass is 352 g/mol. The summed E-state index contributed by atoms with van der Waals surface area (Å²) in [5.74, 6) is -1.75. The number of nitriles is 1. The molecule has 0 unspecified atom stereocenters. The fourth-order valence-corrected chi connectivity index (χ4v) is 2.87. The van der Waals surface area contributed by atoms with Gasteiger partial charge < -0.3 is 15.1 Å². The van der Waals surface area contributed by atoms with Crippen molar-refractivity contribution in [3.05, 3.63) is 59.9 Å². The number of rotatable bonds is 2. The van der Waals surface area contributed by atoms with Gasteiger partial charge in [0.25, 0.3) is 0 Å². The van der Waals surface area contributed by atoms with Gasteiger partial charge in [-0.15, -0.1) is 0 Å². The smallest absolute Gasteiger partial charge is 0.313 e. The lowest BCUT2D eigenvalue weighted by atomic mass is 10.2. The first kappa shape index (κ1) is 17.4. The van der Waals surface area contributed by atoms with E-state index in [1.165, 1.54) is 11.0 Å². The van der Waals surface area contributed by atoms with E-state index in [2.05, 4.69) is 5.32 Å². The zero-order valence-corrected chi connectivity index (χ0v) is 14.0. The summed E-state index contributed by atoms with van der Waals surface area (Å²) in [4.78, 5) is 27.8. The molecule has 1 aliphatic heterocycles. The summed E-state index contributed by atoms with van der Waals surface area (Å²) >= 11 is 0. The summed E-state index contributed by atoms with van der Waals surface area (Å²) in [7, 11) is 0. The van der Waals surface area contributed by atoms with Gasteiger partial charge in [0, 0.05) is 26.2 Å². The molecule has 1 fully saturated rings. The highest BCUT2D eigenvalue weighted by Gasteiger charge is 2.27. The van der Waals surface area contributed by atoms with E-state index in [0.29, 0.717) is 37.6 Å². The summed E-state index contributed by atoms with van der Waals surface area (Å²) in [6.07, 6.45) is 0. The van der Waals surface area contributed by atoms with Crippen molar-refractivity contribution in [2.45, 2.75) is 0 Å². The van der Waals surface area contributed by atoms with Crippen molar-refractivity contribution in [2.24, 2.45) is 0 Å². The van der Waals surface area contributed by atoms with Crippen LogP contribution in [0, 0.1) is 17.1 Å². The molecule has 1 saturated heterocycles. The van der Waals surface area contributed by atoms with Crippen molar-refractivity contribution >= 4 is 23.2 Å². The number of nitrogens with zero attached hydrogens (tertiary/aromatic N) is 3. The molecular weight excluding hydrogens is 335 g/mol. The summed E-state index contributed by atoms with van der Waals surface area (Å²) in [5, 5.41) is 11.5. The Morgan fingerprint density at radius 3 is 2.35 bits per heavy atom. The van der Waals surface area contributed by atoms with Gasteiger partial charge in [-0.2, -0.15) is 5.26 Å². The van der Waals surface area contributed by atoms with Crippen molar-refractivity contribution in [3.8, 4) is 6.07 Å². The Morgan fingerprint density at radius 2 is 1.65 bits per heavy atom. The fraction of sp³-hybridized carbons (Fsp3) is 0.211. The summed E-state index contributed by atoms with van der Waals surface area (Å²) in [5.41, 5.74) is 1.09. The van der Waals surface area contributed by atoms with Gasteiger partial charge in [-0.3, -0.25) is 9.59 Å². The van der Waals surface area contributed by atoms with E-state index in [-0.39, 0.29) is 11.4 Å². The number of hydrogen-bond acceptors (Lipinski definition) is 4. The van der Waals surface area contributed by atoms with Crippen LogP contribution in [0.25, 0.3) is 0 Å². The van der Waals surface area contributed by atoms with E-state index < -0.39 is 11.8 Å². The lowest BCUT2D eigenvalue weighted by Crippen LogP contribution is -2.51. The van der Waals surface area contributed by atoms with E-state index in [4.69, 9.17) is 5.26 Å². The maximum absolute atomic E-state index is 13.9. The number of halogens is 1. The largest absolute Gasteiger partial charge is 0.366 e. The summed E-state index contributed by atoms with van der Waals surface area (Å²) in [6.45, 7) is 1.52. The number of hydrogen-bond donors (Lipinski definition) is 1. The van der Waals surface area contributed by atoms with Crippen molar-refractivity contribution < 1.29 is 14.0 Å². The van der Waals surface area contributed by atoms with Crippen LogP contribution in [0.2, 0.25) is 0 Å². The van der Waals surface area contributed by atoms with Gasteiger partial charge in [0.2, 0.25) is 0 Å². The molecule has 0 spiro atoms. The highest BCUT2D eigenvalue weighted by atomic mass is 19.1. The van der Waals surface area contributed by atoms with E-state index in [1.807, 2.05) is 11.0 Å². The van der Waals surface area contributed by atoms with Crippen LogP contribution < -0.4 is 10.2 Å². The normalized spacial score (nSPS) is 13.8. The van der Waals surface area contributed by atoms with Crippen molar-refractivity contribution in [2.75, 3.05) is 36.4 Å². The van der Waals surface area contributed by atoms with Gasteiger partial charge in [-0.05, 0) is 24.3 Å². The molecule has 7 heteroatoms. The maximum atomic E-state index is 13.9. The molecule has 132 valence electrons. The molecule has 2 aromatic rings. The maximum Gasteiger partial charge on any atom is 0.313 e. The zero-order chi connectivity index (χ0) is 18.5. The van der Waals surface area contributed by atoms with Gasteiger partial charge in [-0.25, -0.2) is 4.39 Å². The van der Waals surface area contributed by atoms with Crippen LogP contribution in [0.1, 0.15) is 5.56 Å². The first-order chi connectivity index (χ1) is 12.6. The molecule has 0 radical (unpaired) electrons. The predicted molar refractivity (Wildman–Crippen MR) is 95.0 cm³/mol. The number of anilines is 2. The SMILES string of the molecule is N#Cc1ccccc1NC(=O)C(=O)N1CCN(c2ccccc2F)CC1. The van der Waals surface area contributed by atoms with Crippen LogP contribution in [-0.4, -0.2) is 42.9 Å². The van der Waals surface area contributed by atoms with Crippen molar-refractivity contribution in [1.82, 2.24) is 4.90 Å². The Morgan fingerprint density at radius 1 is 1.00 bits per heavy atom. The molecule has 6 nitrogen and oxygen atoms in total. The fourth-order valence-electron chi connectivity index (χ4n) is 2.87. The number of piperazine rings is 1. The minimum Gasteiger partial charge on any atom is -0.366 e. The van der Waals surface area contributed by atoms with Gasteiger partial charge >= 0.3 is 11.8 Å². The molecule has 0 bridgehead atoms. The van der Waals surface area contributed by atoms with Crippen molar-refractivity contribution in [1.29, 1.82) is 5.26 Å². The van der Waals surface area contributed by atoms with Gasteiger partial charge in [0.1, 0.15) is 11.9 Å². The number of benzene rings is 2. The second-order valence-electron chi connectivity index (χ2n) is 5.84. The van der Waals surface area contributed by atoms with Gasteiger partial charge in [-0.1, -0.05) is 24.3 Å². The van der Waals surface area contributed by atoms with E-state index in [0.717, 1.165) is 0 Å². The summed E-state index contributed by atoms with van der Waals surface area (Å²) < 4.78 is 13.9.